The van der Waals surface area contributed by atoms with Crippen molar-refractivity contribution >= 4 is 5.91 Å². The largest absolute Gasteiger partial charge is 0.355 e. The highest BCUT2D eigenvalue weighted by Crippen LogP contribution is 2.24. The van der Waals surface area contributed by atoms with Crippen molar-refractivity contribution in [3.05, 3.63) is 77.5 Å². The molecule has 1 amide bonds. The first-order valence-electron chi connectivity index (χ1n) is 10.5. The van der Waals surface area contributed by atoms with E-state index >= 15 is 0 Å². The van der Waals surface area contributed by atoms with Gasteiger partial charge in [0.25, 0.3) is 5.91 Å². The van der Waals surface area contributed by atoms with Crippen molar-refractivity contribution in [1.29, 1.82) is 0 Å². The van der Waals surface area contributed by atoms with Gasteiger partial charge in [-0.1, -0.05) is 35.5 Å². The predicted octanol–water partition coefficient (Wildman–Crippen LogP) is 4.30. The van der Waals surface area contributed by atoms with Crippen LogP contribution < -0.4 is 5.32 Å². The van der Waals surface area contributed by atoms with Gasteiger partial charge in [-0.2, -0.15) is 0 Å². The number of nitrogens with one attached hydrogen (secondary N) is 1. The summed E-state index contributed by atoms with van der Waals surface area (Å²) in [5.74, 6) is -1.29. The molecule has 5 nitrogen and oxygen atoms in total. The summed E-state index contributed by atoms with van der Waals surface area (Å²) in [6.45, 7) is 3.65. The summed E-state index contributed by atoms with van der Waals surface area (Å²) in [6, 6.07) is 15.0. The molecule has 0 bridgehead atoms. The molecule has 0 aliphatic carbocycles. The van der Waals surface area contributed by atoms with Crippen molar-refractivity contribution in [2.75, 3.05) is 26.2 Å². The molecule has 1 saturated heterocycles. The first-order chi connectivity index (χ1) is 15.1. The van der Waals surface area contributed by atoms with Gasteiger partial charge in [0.1, 0.15) is 11.6 Å². The molecule has 7 heteroatoms. The molecule has 1 N–H and O–H groups in total. The number of hydrogen-bond donors (Lipinski definition) is 1. The normalized spacial score (nSPS) is 15.2. The van der Waals surface area contributed by atoms with Gasteiger partial charge in [0.2, 0.25) is 0 Å². The molecule has 2 aromatic carbocycles. The summed E-state index contributed by atoms with van der Waals surface area (Å²) in [5, 5.41) is 6.63. The third kappa shape index (κ3) is 5.55. The number of amides is 1. The second kappa shape index (κ2) is 9.83. The number of likely N-dealkylation sites (tertiary alicyclic amines) is 1. The molecule has 0 atom stereocenters. The molecule has 1 aliphatic rings. The van der Waals surface area contributed by atoms with Gasteiger partial charge in [-0.05, 0) is 56.0 Å². The SMILES string of the molecule is O=C(NCC1CCN(CCc2ccccc2)CC1)c1cc(-c2ccc(F)cc2F)on1. The lowest BCUT2D eigenvalue weighted by Gasteiger charge is -2.32. The van der Waals surface area contributed by atoms with E-state index in [1.54, 1.807) is 0 Å². The maximum atomic E-state index is 13.9. The van der Waals surface area contributed by atoms with E-state index in [1.807, 2.05) is 6.07 Å². The molecule has 0 radical (unpaired) electrons. The number of piperidine rings is 1. The third-order valence-corrected chi connectivity index (χ3v) is 5.76. The highest BCUT2D eigenvalue weighted by molar-refractivity contribution is 5.93. The molecule has 0 spiro atoms. The Balaban J connectivity index is 1.22. The summed E-state index contributed by atoms with van der Waals surface area (Å²) in [7, 11) is 0. The van der Waals surface area contributed by atoms with Gasteiger partial charge in [-0.3, -0.25) is 4.79 Å². The fraction of sp³-hybridized carbons (Fsp3) is 0.333. The summed E-state index contributed by atoms with van der Waals surface area (Å²) in [4.78, 5) is 14.9. The molecule has 3 aromatic rings. The van der Waals surface area contributed by atoms with Crippen molar-refractivity contribution in [1.82, 2.24) is 15.4 Å². The standard InChI is InChI=1S/C24H25F2N3O2/c25-19-6-7-20(21(26)14-19)23-15-22(28-31-23)24(30)27-16-18-9-12-29(13-10-18)11-8-17-4-2-1-3-5-17/h1-7,14-15,18H,8-13,16H2,(H,27,30). The maximum Gasteiger partial charge on any atom is 0.273 e. The Morgan fingerprint density at radius 2 is 1.87 bits per heavy atom. The predicted molar refractivity (Wildman–Crippen MR) is 113 cm³/mol. The number of rotatable bonds is 7. The summed E-state index contributed by atoms with van der Waals surface area (Å²) < 4.78 is 32.0. The van der Waals surface area contributed by atoms with Crippen molar-refractivity contribution < 1.29 is 18.1 Å². The van der Waals surface area contributed by atoms with Crippen LogP contribution in [-0.2, 0) is 6.42 Å². The van der Waals surface area contributed by atoms with E-state index in [4.69, 9.17) is 4.52 Å². The Kier molecular flexibility index (Phi) is 6.72. The smallest absolute Gasteiger partial charge is 0.273 e. The summed E-state index contributed by atoms with van der Waals surface area (Å²) >= 11 is 0. The number of aromatic nitrogens is 1. The molecule has 1 aromatic heterocycles. The van der Waals surface area contributed by atoms with Crippen LogP contribution in [0.1, 0.15) is 28.9 Å². The first kappa shape index (κ1) is 21.2. The van der Waals surface area contributed by atoms with Crippen molar-refractivity contribution in [3.63, 3.8) is 0 Å². The van der Waals surface area contributed by atoms with Gasteiger partial charge in [0, 0.05) is 25.2 Å². The lowest BCUT2D eigenvalue weighted by molar-refractivity contribution is 0.0927. The fourth-order valence-corrected chi connectivity index (χ4v) is 3.87. The molecule has 0 saturated carbocycles. The van der Waals surface area contributed by atoms with Gasteiger partial charge in [0.15, 0.2) is 11.5 Å². The number of halogens is 2. The van der Waals surface area contributed by atoms with E-state index in [-0.39, 0.29) is 22.9 Å². The maximum absolute atomic E-state index is 13.9. The van der Waals surface area contributed by atoms with Gasteiger partial charge < -0.3 is 14.7 Å². The zero-order valence-corrected chi connectivity index (χ0v) is 17.2. The number of hydrogen-bond acceptors (Lipinski definition) is 4. The molecule has 0 unspecified atom stereocenters. The van der Waals surface area contributed by atoms with E-state index in [0.29, 0.717) is 12.5 Å². The van der Waals surface area contributed by atoms with Crippen LogP contribution in [0.25, 0.3) is 11.3 Å². The average molecular weight is 425 g/mol. The van der Waals surface area contributed by atoms with Crippen LogP contribution in [0.4, 0.5) is 8.78 Å². The lowest BCUT2D eigenvalue weighted by atomic mass is 9.96. The van der Waals surface area contributed by atoms with E-state index in [2.05, 4.69) is 39.6 Å². The van der Waals surface area contributed by atoms with E-state index in [0.717, 1.165) is 51.0 Å². The first-order valence-corrected chi connectivity index (χ1v) is 10.5. The quantitative estimate of drug-likeness (QED) is 0.613. The van der Waals surface area contributed by atoms with Gasteiger partial charge in [-0.25, -0.2) is 8.78 Å². The van der Waals surface area contributed by atoms with E-state index < -0.39 is 11.6 Å². The number of nitrogens with zero attached hydrogens (tertiary/aromatic N) is 2. The van der Waals surface area contributed by atoms with Crippen molar-refractivity contribution in [3.8, 4) is 11.3 Å². The van der Waals surface area contributed by atoms with Crippen molar-refractivity contribution in [2.45, 2.75) is 19.3 Å². The lowest BCUT2D eigenvalue weighted by Crippen LogP contribution is -2.39. The van der Waals surface area contributed by atoms with Crippen LogP contribution in [0.15, 0.2) is 59.1 Å². The number of carbonyl (C=O) groups excluding carboxylic acids is 1. The highest BCUT2D eigenvalue weighted by Gasteiger charge is 2.21. The van der Waals surface area contributed by atoms with Crippen LogP contribution in [0.2, 0.25) is 0 Å². The molecule has 1 aliphatic heterocycles. The average Bonchev–Trinajstić information content (AvgIpc) is 3.27. The molecular weight excluding hydrogens is 400 g/mol. The Bertz CT molecular complexity index is 1010. The van der Waals surface area contributed by atoms with Crippen LogP contribution in [-0.4, -0.2) is 42.1 Å². The monoisotopic (exact) mass is 425 g/mol. The zero-order chi connectivity index (χ0) is 21.6. The molecular formula is C24H25F2N3O2. The summed E-state index contributed by atoms with van der Waals surface area (Å²) in [5.41, 5.74) is 1.50. The van der Waals surface area contributed by atoms with E-state index in [1.165, 1.54) is 17.7 Å². The Labute approximate surface area is 180 Å². The second-order valence-electron chi connectivity index (χ2n) is 7.93. The molecule has 162 valence electrons. The third-order valence-electron chi connectivity index (χ3n) is 5.76. The minimum atomic E-state index is -0.762. The van der Waals surface area contributed by atoms with Gasteiger partial charge >= 0.3 is 0 Å². The number of benzene rings is 2. The Morgan fingerprint density at radius 3 is 2.61 bits per heavy atom. The zero-order valence-electron chi connectivity index (χ0n) is 17.2. The topological polar surface area (TPSA) is 58.4 Å². The van der Waals surface area contributed by atoms with Crippen molar-refractivity contribution in [2.24, 2.45) is 5.92 Å². The van der Waals surface area contributed by atoms with Crippen LogP contribution in [0.5, 0.6) is 0 Å². The molecule has 31 heavy (non-hydrogen) atoms. The Hall–Kier alpha value is -3.06. The van der Waals surface area contributed by atoms with Gasteiger partial charge in [0.05, 0.1) is 5.56 Å². The molecule has 1 fully saturated rings. The summed E-state index contributed by atoms with van der Waals surface area (Å²) in [6.07, 6.45) is 3.10. The van der Waals surface area contributed by atoms with Gasteiger partial charge in [-0.15, -0.1) is 0 Å². The minimum Gasteiger partial charge on any atom is -0.355 e. The van der Waals surface area contributed by atoms with Crippen LogP contribution in [0.3, 0.4) is 0 Å². The van der Waals surface area contributed by atoms with E-state index in [9.17, 15) is 13.6 Å². The molecule has 2 heterocycles. The van der Waals surface area contributed by atoms with Crippen LogP contribution >= 0.6 is 0 Å². The van der Waals surface area contributed by atoms with Crippen LogP contribution in [0, 0.1) is 17.6 Å². The number of carbonyl (C=O) groups is 1. The molecule has 4 rings (SSSR count). The Morgan fingerprint density at radius 1 is 1.10 bits per heavy atom. The minimum absolute atomic E-state index is 0.0656. The second-order valence-corrected chi connectivity index (χ2v) is 7.93. The fourth-order valence-electron chi connectivity index (χ4n) is 3.87. The highest BCUT2D eigenvalue weighted by atomic mass is 19.1.